The van der Waals surface area contributed by atoms with Crippen LogP contribution in [0.25, 0.3) is 10.7 Å². The summed E-state index contributed by atoms with van der Waals surface area (Å²) in [6.45, 7) is 3.45. The smallest absolute Gasteiger partial charge is 0.235 e. The van der Waals surface area contributed by atoms with Crippen LogP contribution in [0.4, 0.5) is 0 Å². The van der Waals surface area contributed by atoms with E-state index in [1.807, 2.05) is 24.4 Å². The highest BCUT2D eigenvalue weighted by Gasteiger charge is 2.25. The van der Waals surface area contributed by atoms with Gasteiger partial charge in [0.1, 0.15) is 0 Å². The van der Waals surface area contributed by atoms with Crippen molar-refractivity contribution in [2.75, 3.05) is 20.7 Å². The van der Waals surface area contributed by atoms with Crippen LogP contribution >= 0.6 is 23.1 Å². The summed E-state index contributed by atoms with van der Waals surface area (Å²) in [7, 11) is 3.54. The molecule has 0 N–H and O–H groups in total. The van der Waals surface area contributed by atoms with Gasteiger partial charge in [0.05, 0.1) is 22.8 Å². The van der Waals surface area contributed by atoms with Crippen LogP contribution in [-0.4, -0.2) is 57.6 Å². The van der Waals surface area contributed by atoms with Gasteiger partial charge in [0, 0.05) is 20.7 Å². The molecule has 1 aliphatic rings. The van der Waals surface area contributed by atoms with Gasteiger partial charge in [0.15, 0.2) is 11.0 Å². The van der Waals surface area contributed by atoms with Crippen molar-refractivity contribution >= 4 is 29.0 Å². The molecule has 1 saturated heterocycles. The molecule has 1 aliphatic heterocycles. The highest BCUT2D eigenvalue weighted by Crippen LogP contribution is 2.30. The Bertz CT molecular complexity index is 678. The van der Waals surface area contributed by atoms with Crippen LogP contribution in [0, 0.1) is 0 Å². The van der Waals surface area contributed by atoms with Crippen molar-refractivity contribution in [3.05, 3.63) is 17.5 Å². The van der Waals surface area contributed by atoms with E-state index in [9.17, 15) is 4.79 Å². The van der Waals surface area contributed by atoms with Gasteiger partial charge in [0.25, 0.3) is 0 Å². The SMILES string of the molecule is CC(Sc1nnc(-c2cccs2)n1CC1CCCO1)C(=O)N(C)C. The average Bonchev–Trinajstić information content (AvgIpc) is 3.29. The summed E-state index contributed by atoms with van der Waals surface area (Å²) in [5, 5.41) is 11.3. The Balaban J connectivity index is 1.86. The van der Waals surface area contributed by atoms with E-state index in [0.29, 0.717) is 0 Å². The molecule has 3 rings (SSSR count). The van der Waals surface area contributed by atoms with Crippen LogP contribution in [0.1, 0.15) is 19.8 Å². The number of hydrogen-bond donors (Lipinski definition) is 0. The van der Waals surface area contributed by atoms with Crippen molar-refractivity contribution in [3.8, 4) is 10.7 Å². The molecule has 0 aromatic carbocycles. The number of ether oxygens (including phenoxy) is 1. The van der Waals surface area contributed by atoms with Gasteiger partial charge in [-0.05, 0) is 31.2 Å². The van der Waals surface area contributed by atoms with E-state index in [1.54, 1.807) is 30.3 Å². The van der Waals surface area contributed by atoms with Crippen molar-refractivity contribution in [1.29, 1.82) is 0 Å². The second-order valence-electron chi connectivity index (χ2n) is 6.02. The quantitative estimate of drug-likeness (QED) is 0.736. The molecule has 24 heavy (non-hydrogen) atoms. The van der Waals surface area contributed by atoms with Crippen LogP contribution in [0.2, 0.25) is 0 Å². The number of hydrogen-bond acceptors (Lipinski definition) is 6. The molecule has 0 spiro atoms. The lowest BCUT2D eigenvalue weighted by Crippen LogP contribution is -2.30. The minimum atomic E-state index is -0.205. The summed E-state index contributed by atoms with van der Waals surface area (Å²) < 4.78 is 7.89. The molecule has 0 aliphatic carbocycles. The standard InChI is InChI=1S/C16H22N4O2S2/c1-11(15(21)19(2)3)24-16-18-17-14(13-7-5-9-23-13)20(16)10-12-6-4-8-22-12/h5,7,9,11-12H,4,6,8,10H2,1-3H3. The summed E-state index contributed by atoms with van der Waals surface area (Å²) in [5.41, 5.74) is 0. The summed E-state index contributed by atoms with van der Waals surface area (Å²) >= 11 is 3.10. The number of thioether (sulfide) groups is 1. The molecule has 2 unspecified atom stereocenters. The number of carbonyl (C=O) groups is 1. The monoisotopic (exact) mass is 366 g/mol. The lowest BCUT2D eigenvalue weighted by atomic mass is 10.2. The molecule has 2 aromatic rings. The van der Waals surface area contributed by atoms with E-state index in [0.717, 1.165) is 41.9 Å². The van der Waals surface area contributed by atoms with Crippen molar-refractivity contribution < 1.29 is 9.53 Å². The third-order valence-corrected chi connectivity index (χ3v) is 5.87. The lowest BCUT2D eigenvalue weighted by Gasteiger charge is -2.18. The summed E-state index contributed by atoms with van der Waals surface area (Å²) in [6, 6.07) is 4.06. The molecule has 2 aromatic heterocycles. The molecule has 0 radical (unpaired) electrons. The van der Waals surface area contributed by atoms with Crippen molar-refractivity contribution in [2.24, 2.45) is 0 Å². The van der Waals surface area contributed by atoms with Gasteiger partial charge in [0.2, 0.25) is 5.91 Å². The van der Waals surface area contributed by atoms with Crippen molar-refractivity contribution in [2.45, 2.75) is 42.8 Å². The molecule has 8 heteroatoms. The lowest BCUT2D eigenvalue weighted by molar-refractivity contribution is -0.127. The predicted octanol–water partition coefficient (Wildman–Crippen LogP) is 2.75. The van der Waals surface area contributed by atoms with Gasteiger partial charge in [-0.1, -0.05) is 17.8 Å². The number of amides is 1. The fraction of sp³-hybridized carbons (Fsp3) is 0.562. The van der Waals surface area contributed by atoms with E-state index in [1.165, 1.54) is 11.8 Å². The molecular formula is C16H22N4O2S2. The van der Waals surface area contributed by atoms with E-state index in [4.69, 9.17) is 4.74 Å². The molecule has 1 amide bonds. The van der Waals surface area contributed by atoms with Gasteiger partial charge in [-0.2, -0.15) is 0 Å². The van der Waals surface area contributed by atoms with Crippen molar-refractivity contribution in [3.63, 3.8) is 0 Å². The second-order valence-corrected chi connectivity index (χ2v) is 8.28. The molecule has 130 valence electrons. The van der Waals surface area contributed by atoms with Gasteiger partial charge < -0.3 is 9.64 Å². The third kappa shape index (κ3) is 3.81. The minimum absolute atomic E-state index is 0.0735. The first-order valence-corrected chi connectivity index (χ1v) is 9.78. The zero-order valence-electron chi connectivity index (χ0n) is 14.1. The second kappa shape index (κ2) is 7.67. The molecule has 6 nitrogen and oxygen atoms in total. The first kappa shape index (κ1) is 17.4. The first-order chi connectivity index (χ1) is 11.6. The number of aromatic nitrogens is 3. The van der Waals surface area contributed by atoms with Crippen molar-refractivity contribution in [1.82, 2.24) is 19.7 Å². The molecule has 3 heterocycles. The largest absolute Gasteiger partial charge is 0.376 e. The Kier molecular flexibility index (Phi) is 5.57. The molecule has 0 saturated carbocycles. The van der Waals surface area contributed by atoms with Crippen LogP contribution in [-0.2, 0) is 16.1 Å². The number of rotatable bonds is 6. The third-order valence-electron chi connectivity index (χ3n) is 3.94. The molecule has 2 atom stereocenters. The summed E-state index contributed by atoms with van der Waals surface area (Å²) in [6.07, 6.45) is 2.34. The minimum Gasteiger partial charge on any atom is -0.376 e. The Labute approximate surface area is 150 Å². The van der Waals surface area contributed by atoms with Gasteiger partial charge in [-0.3, -0.25) is 9.36 Å². The Morgan fingerprint density at radius 1 is 1.54 bits per heavy atom. The average molecular weight is 367 g/mol. The number of thiophene rings is 1. The van der Waals surface area contributed by atoms with Crippen LogP contribution in [0.15, 0.2) is 22.7 Å². The summed E-state index contributed by atoms with van der Waals surface area (Å²) in [5.74, 6) is 0.928. The maximum Gasteiger partial charge on any atom is 0.235 e. The van der Waals surface area contributed by atoms with E-state index < -0.39 is 0 Å². The van der Waals surface area contributed by atoms with Gasteiger partial charge in [-0.15, -0.1) is 21.5 Å². The Morgan fingerprint density at radius 3 is 3.00 bits per heavy atom. The zero-order chi connectivity index (χ0) is 17.1. The van der Waals surface area contributed by atoms with Crippen LogP contribution < -0.4 is 0 Å². The molecule has 0 bridgehead atoms. The van der Waals surface area contributed by atoms with E-state index >= 15 is 0 Å². The fourth-order valence-electron chi connectivity index (χ4n) is 2.69. The van der Waals surface area contributed by atoms with Crippen LogP contribution in [0.3, 0.4) is 0 Å². The fourth-order valence-corrected chi connectivity index (χ4v) is 4.41. The maximum atomic E-state index is 12.2. The van der Waals surface area contributed by atoms with E-state index in [-0.39, 0.29) is 17.3 Å². The zero-order valence-corrected chi connectivity index (χ0v) is 15.8. The van der Waals surface area contributed by atoms with Crippen LogP contribution in [0.5, 0.6) is 0 Å². The van der Waals surface area contributed by atoms with Gasteiger partial charge >= 0.3 is 0 Å². The molecular weight excluding hydrogens is 344 g/mol. The first-order valence-electron chi connectivity index (χ1n) is 8.02. The Hall–Kier alpha value is -1.38. The highest BCUT2D eigenvalue weighted by atomic mass is 32.2. The van der Waals surface area contributed by atoms with Gasteiger partial charge in [-0.25, -0.2) is 0 Å². The maximum absolute atomic E-state index is 12.2. The topological polar surface area (TPSA) is 60.2 Å². The summed E-state index contributed by atoms with van der Waals surface area (Å²) in [4.78, 5) is 14.9. The Morgan fingerprint density at radius 2 is 2.38 bits per heavy atom. The molecule has 1 fully saturated rings. The number of carbonyl (C=O) groups excluding carboxylic acids is 1. The van der Waals surface area contributed by atoms with E-state index in [2.05, 4.69) is 14.8 Å². The number of nitrogens with zero attached hydrogens (tertiary/aromatic N) is 4. The predicted molar refractivity (Wildman–Crippen MR) is 96.3 cm³/mol. The highest BCUT2D eigenvalue weighted by molar-refractivity contribution is 8.00. The normalized spacial score (nSPS) is 18.7.